The zero-order chi connectivity index (χ0) is 23.1. The summed E-state index contributed by atoms with van der Waals surface area (Å²) in [6.07, 6.45) is 3.42. The second-order valence-electron chi connectivity index (χ2n) is 7.11. The normalized spacial score (nSPS) is 13.7. The van der Waals surface area contributed by atoms with Gasteiger partial charge in [-0.05, 0) is 42.3 Å². The molecule has 0 saturated heterocycles. The summed E-state index contributed by atoms with van der Waals surface area (Å²) < 4.78 is 20.9. The molecule has 0 amide bonds. The van der Waals surface area contributed by atoms with E-state index in [9.17, 15) is 9.59 Å². The maximum absolute atomic E-state index is 12.8. The van der Waals surface area contributed by atoms with E-state index in [1.165, 1.54) is 14.2 Å². The lowest BCUT2D eigenvalue weighted by atomic mass is 9.83. The average Bonchev–Trinajstić information content (AvgIpc) is 2.83. The molecule has 32 heavy (non-hydrogen) atoms. The molecule has 7 nitrogen and oxygen atoms in total. The van der Waals surface area contributed by atoms with E-state index in [4.69, 9.17) is 18.9 Å². The van der Waals surface area contributed by atoms with Crippen LogP contribution in [0.5, 0.6) is 11.5 Å². The van der Waals surface area contributed by atoms with Gasteiger partial charge in [-0.15, -0.1) is 0 Å². The van der Waals surface area contributed by atoms with Gasteiger partial charge in [0.05, 0.1) is 45.0 Å². The molecule has 0 spiro atoms. The van der Waals surface area contributed by atoms with Crippen LogP contribution >= 0.6 is 0 Å². The quantitative estimate of drug-likeness (QED) is 0.582. The highest BCUT2D eigenvalue weighted by atomic mass is 16.5. The van der Waals surface area contributed by atoms with Crippen LogP contribution in [0.15, 0.2) is 72.1 Å². The first-order valence-electron chi connectivity index (χ1n) is 10.2. The van der Waals surface area contributed by atoms with Gasteiger partial charge in [0.15, 0.2) is 0 Å². The Morgan fingerprint density at radius 1 is 0.875 bits per heavy atom. The molecule has 0 fully saturated rings. The molecular formula is C25H27NO6. The molecule has 0 N–H and O–H groups in total. The van der Waals surface area contributed by atoms with Crippen molar-refractivity contribution in [3.05, 3.63) is 83.2 Å². The first-order valence-corrected chi connectivity index (χ1v) is 10.2. The van der Waals surface area contributed by atoms with Crippen molar-refractivity contribution in [2.45, 2.75) is 19.4 Å². The highest BCUT2D eigenvalue weighted by Gasteiger charge is 2.35. The van der Waals surface area contributed by atoms with E-state index in [1.807, 2.05) is 55.5 Å². The van der Waals surface area contributed by atoms with Crippen LogP contribution < -0.4 is 9.47 Å². The number of carbonyl (C=O) groups is 2. The summed E-state index contributed by atoms with van der Waals surface area (Å²) in [5.41, 5.74) is 2.37. The number of hydrogen-bond donors (Lipinski definition) is 0. The van der Waals surface area contributed by atoms with Crippen LogP contribution in [-0.4, -0.2) is 44.8 Å². The molecule has 3 rings (SSSR count). The first-order chi connectivity index (χ1) is 15.5. The number of benzene rings is 2. The highest BCUT2D eigenvalue weighted by molar-refractivity contribution is 5.98. The third kappa shape index (κ3) is 5.11. The predicted octanol–water partition coefficient (Wildman–Crippen LogP) is 3.81. The Kier molecular flexibility index (Phi) is 7.54. The Morgan fingerprint density at radius 3 is 2.03 bits per heavy atom. The van der Waals surface area contributed by atoms with Gasteiger partial charge in [0.2, 0.25) is 0 Å². The van der Waals surface area contributed by atoms with Gasteiger partial charge in [-0.25, -0.2) is 9.59 Å². The lowest BCUT2D eigenvalue weighted by Crippen LogP contribution is -2.28. The van der Waals surface area contributed by atoms with Crippen molar-refractivity contribution in [3.8, 4) is 11.5 Å². The molecule has 1 heterocycles. The van der Waals surface area contributed by atoms with E-state index < -0.39 is 17.9 Å². The first kappa shape index (κ1) is 22.9. The zero-order valence-corrected chi connectivity index (χ0v) is 18.7. The lowest BCUT2D eigenvalue weighted by molar-refractivity contribution is -0.137. The van der Waals surface area contributed by atoms with Crippen LogP contribution in [-0.2, 0) is 25.6 Å². The summed E-state index contributed by atoms with van der Waals surface area (Å²) in [6, 6.07) is 14.9. The Labute approximate surface area is 187 Å². The highest BCUT2D eigenvalue weighted by Crippen LogP contribution is 2.38. The topological polar surface area (TPSA) is 74.3 Å². The number of ether oxygens (including phenoxy) is 4. The van der Waals surface area contributed by atoms with Crippen LogP contribution in [0, 0.1) is 0 Å². The molecule has 0 atom stereocenters. The summed E-state index contributed by atoms with van der Waals surface area (Å²) >= 11 is 0. The molecule has 2 aromatic carbocycles. The molecule has 1 aliphatic heterocycles. The van der Waals surface area contributed by atoms with Crippen molar-refractivity contribution in [1.82, 2.24) is 4.90 Å². The fourth-order valence-corrected chi connectivity index (χ4v) is 3.63. The molecular weight excluding hydrogens is 410 g/mol. The Balaban J connectivity index is 2.04. The summed E-state index contributed by atoms with van der Waals surface area (Å²) in [4.78, 5) is 27.3. The predicted molar refractivity (Wildman–Crippen MR) is 119 cm³/mol. The molecule has 0 aliphatic carbocycles. The third-order valence-electron chi connectivity index (χ3n) is 5.10. The molecule has 2 aromatic rings. The number of esters is 2. The van der Waals surface area contributed by atoms with Gasteiger partial charge in [0.1, 0.15) is 11.5 Å². The van der Waals surface area contributed by atoms with Gasteiger partial charge in [0, 0.05) is 18.9 Å². The lowest BCUT2D eigenvalue weighted by Gasteiger charge is -2.30. The van der Waals surface area contributed by atoms with Crippen molar-refractivity contribution in [1.29, 1.82) is 0 Å². The van der Waals surface area contributed by atoms with Gasteiger partial charge >= 0.3 is 11.9 Å². The number of rotatable bonds is 8. The molecule has 0 saturated carbocycles. The van der Waals surface area contributed by atoms with E-state index >= 15 is 0 Å². The molecule has 1 aliphatic rings. The largest absolute Gasteiger partial charge is 0.497 e. The van der Waals surface area contributed by atoms with Gasteiger partial charge < -0.3 is 23.8 Å². The molecule has 0 unspecified atom stereocenters. The van der Waals surface area contributed by atoms with Crippen molar-refractivity contribution in [3.63, 3.8) is 0 Å². The fourth-order valence-electron chi connectivity index (χ4n) is 3.63. The van der Waals surface area contributed by atoms with E-state index in [0.29, 0.717) is 30.0 Å². The fraction of sp³-hybridized carbons (Fsp3) is 0.280. The standard InChI is InChI=1S/C25H27NO6/c1-5-32-20-8-6-7-18(13-20)23-21(24(27)30-3)15-26(16-22(23)25(28)31-4)14-17-9-11-19(29-2)12-10-17/h6-13,15-16,23H,5,14H2,1-4H3. The monoisotopic (exact) mass is 437 g/mol. The third-order valence-corrected chi connectivity index (χ3v) is 5.10. The van der Waals surface area contributed by atoms with Crippen molar-refractivity contribution in [2.75, 3.05) is 27.9 Å². The van der Waals surface area contributed by atoms with Crippen LogP contribution in [0.3, 0.4) is 0 Å². The minimum atomic E-state index is -0.651. The molecule has 0 radical (unpaired) electrons. The minimum Gasteiger partial charge on any atom is -0.497 e. The second kappa shape index (κ2) is 10.5. The van der Waals surface area contributed by atoms with Gasteiger partial charge in [-0.2, -0.15) is 0 Å². The summed E-state index contributed by atoms with van der Waals surface area (Å²) in [6.45, 7) is 2.84. The van der Waals surface area contributed by atoms with Crippen LogP contribution in [0.2, 0.25) is 0 Å². The smallest absolute Gasteiger partial charge is 0.336 e. The Bertz CT molecular complexity index is 991. The minimum absolute atomic E-state index is 0.331. The van der Waals surface area contributed by atoms with Crippen LogP contribution in [0.1, 0.15) is 24.0 Å². The van der Waals surface area contributed by atoms with E-state index in [0.717, 1.165) is 16.9 Å². The number of methoxy groups -OCH3 is 3. The zero-order valence-electron chi connectivity index (χ0n) is 18.7. The SMILES string of the molecule is CCOc1cccc(C2C(C(=O)OC)=CN(Cc3ccc(OC)cc3)C=C2C(=O)OC)c1. The van der Waals surface area contributed by atoms with E-state index in [2.05, 4.69) is 0 Å². The maximum atomic E-state index is 12.8. The Hall–Kier alpha value is -3.74. The van der Waals surface area contributed by atoms with Gasteiger partial charge in [-0.1, -0.05) is 24.3 Å². The molecule has 0 bridgehead atoms. The molecule has 7 heteroatoms. The van der Waals surface area contributed by atoms with Gasteiger partial charge in [-0.3, -0.25) is 0 Å². The number of carbonyl (C=O) groups excluding carboxylic acids is 2. The van der Waals surface area contributed by atoms with E-state index in [-0.39, 0.29) is 0 Å². The Morgan fingerprint density at radius 2 is 1.50 bits per heavy atom. The summed E-state index contributed by atoms with van der Waals surface area (Å²) in [7, 11) is 4.25. The molecule has 0 aromatic heterocycles. The van der Waals surface area contributed by atoms with Crippen molar-refractivity contribution < 1.29 is 28.5 Å². The van der Waals surface area contributed by atoms with Crippen LogP contribution in [0.4, 0.5) is 0 Å². The summed E-state index contributed by atoms with van der Waals surface area (Å²) in [5, 5.41) is 0. The second-order valence-corrected chi connectivity index (χ2v) is 7.11. The maximum Gasteiger partial charge on any atom is 0.336 e. The van der Waals surface area contributed by atoms with Crippen LogP contribution in [0.25, 0.3) is 0 Å². The number of hydrogen-bond acceptors (Lipinski definition) is 7. The van der Waals surface area contributed by atoms with Crippen molar-refractivity contribution >= 4 is 11.9 Å². The summed E-state index contributed by atoms with van der Waals surface area (Å²) in [5.74, 6) is -0.295. The van der Waals surface area contributed by atoms with E-state index in [1.54, 1.807) is 24.4 Å². The average molecular weight is 437 g/mol. The number of nitrogens with zero attached hydrogens (tertiary/aromatic N) is 1. The van der Waals surface area contributed by atoms with Crippen molar-refractivity contribution in [2.24, 2.45) is 0 Å². The van der Waals surface area contributed by atoms with Gasteiger partial charge in [0.25, 0.3) is 0 Å². The molecule has 168 valence electrons.